The maximum absolute atomic E-state index is 10.2. The molecule has 0 saturated heterocycles. The van der Waals surface area contributed by atoms with Gasteiger partial charge in [-0.25, -0.2) is 0 Å². The fourth-order valence-electron chi connectivity index (χ4n) is 2.12. The van der Waals surface area contributed by atoms with Crippen molar-refractivity contribution in [1.82, 2.24) is 0 Å². The average Bonchev–Trinajstić information content (AvgIpc) is 2.75. The van der Waals surface area contributed by atoms with E-state index >= 15 is 0 Å². The third-order valence-corrected chi connectivity index (χ3v) is 4.29. The summed E-state index contributed by atoms with van der Waals surface area (Å²) >= 11 is 7.42. The molecule has 0 aliphatic heterocycles. The molecule has 0 fully saturated rings. The van der Waals surface area contributed by atoms with Crippen molar-refractivity contribution in [2.45, 2.75) is 32.8 Å². The summed E-state index contributed by atoms with van der Waals surface area (Å²) in [7, 11) is 0. The van der Waals surface area contributed by atoms with Gasteiger partial charge in [-0.05, 0) is 35.6 Å². The van der Waals surface area contributed by atoms with Crippen LogP contribution in [-0.2, 0) is 12.8 Å². The molecule has 1 atom stereocenters. The van der Waals surface area contributed by atoms with Gasteiger partial charge < -0.3 is 5.11 Å². The van der Waals surface area contributed by atoms with Crippen molar-refractivity contribution >= 4 is 22.9 Å². The minimum atomic E-state index is -0.456. The molecule has 0 amide bonds. The Labute approximate surface area is 123 Å². The van der Waals surface area contributed by atoms with Crippen LogP contribution in [0.3, 0.4) is 0 Å². The lowest BCUT2D eigenvalue weighted by Crippen LogP contribution is -2.01. The van der Waals surface area contributed by atoms with Crippen molar-refractivity contribution in [3.63, 3.8) is 0 Å². The van der Waals surface area contributed by atoms with Crippen molar-refractivity contribution < 1.29 is 5.11 Å². The smallest absolute Gasteiger partial charge is 0.0931 e. The molecule has 1 unspecified atom stereocenters. The standard InChI is InChI=1S/C16H19ClOS/c1-11(2)9-12-3-5-13(6-4-12)15(18)10-14-7-8-16(17)19-14/h3-8,11,15,18H,9-10H2,1-2H3. The molecule has 1 aromatic heterocycles. The average molecular weight is 295 g/mol. The Bertz CT molecular complexity index is 516. The molecule has 1 aromatic carbocycles. The Morgan fingerprint density at radius 3 is 2.26 bits per heavy atom. The van der Waals surface area contributed by atoms with Gasteiger partial charge in [-0.2, -0.15) is 0 Å². The number of benzene rings is 1. The van der Waals surface area contributed by atoms with Gasteiger partial charge in [0.25, 0.3) is 0 Å². The molecule has 0 spiro atoms. The van der Waals surface area contributed by atoms with Crippen LogP contribution in [0.1, 0.15) is 36.0 Å². The SMILES string of the molecule is CC(C)Cc1ccc(C(O)Cc2ccc(Cl)s2)cc1. The van der Waals surface area contributed by atoms with E-state index in [0.29, 0.717) is 12.3 Å². The predicted octanol–water partition coefficient (Wildman–Crippen LogP) is 4.88. The lowest BCUT2D eigenvalue weighted by atomic mass is 9.99. The Balaban J connectivity index is 2.01. The Morgan fingerprint density at radius 1 is 1.05 bits per heavy atom. The van der Waals surface area contributed by atoms with Crippen molar-refractivity contribution in [1.29, 1.82) is 0 Å². The van der Waals surface area contributed by atoms with Gasteiger partial charge >= 0.3 is 0 Å². The predicted molar refractivity (Wildman–Crippen MR) is 83.0 cm³/mol. The van der Waals surface area contributed by atoms with Gasteiger partial charge in [0.2, 0.25) is 0 Å². The second-order valence-electron chi connectivity index (χ2n) is 5.27. The lowest BCUT2D eigenvalue weighted by molar-refractivity contribution is 0.179. The first kappa shape index (κ1) is 14.6. The van der Waals surface area contributed by atoms with Gasteiger partial charge in [-0.15, -0.1) is 11.3 Å². The minimum absolute atomic E-state index is 0.456. The van der Waals surface area contributed by atoms with Gasteiger partial charge in [0.05, 0.1) is 10.4 Å². The topological polar surface area (TPSA) is 20.2 Å². The number of hydrogen-bond donors (Lipinski definition) is 1. The number of hydrogen-bond acceptors (Lipinski definition) is 2. The van der Waals surface area contributed by atoms with Crippen LogP contribution in [0, 0.1) is 5.92 Å². The van der Waals surface area contributed by atoms with E-state index in [9.17, 15) is 5.11 Å². The monoisotopic (exact) mass is 294 g/mol. The van der Waals surface area contributed by atoms with Crippen LogP contribution in [0.15, 0.2) is 36.4 Å². The van der Waals surface area contributed by atoms with Crippen molar-refractivity contribution in [3.8, 4) is 0 Å². The summed E-state index contributed by atoms with van der Waals surface area (Å²) in [5.74, 6) is 0.657. The van der Waals surface area contributed by atoms with E-state index in [0.717, 1.165) is 21.2 Å². The summed E-state index contributed by atoms with van der Waals surface area (Å²) in [6, 6.07) is 12.1. The van der Waals surface area contributed by atoms with E-state index in [4.69, 9.17) is 11.6 Å². The maximum atomic E-state index is 10.2. The van der Waals surface area contributed by atoms with Crippen LogP contribution in [0.5, 0.6) is 0 Å². The van der Waals surface area contributed by atoms with E-state index in [1.165, 1.54) is 16.9 Å². The number of aliphatic hydroxyl groups is 1. The molecule has 2 aromatic rings. The quantitative estimate of drug-likeness (QED) is 0.833. The van der Waals surface area contributed by atoms with Gasteiger partial charge in [-0.3, -0.25) is 0 Å². The second-order valence-corrected chi connectivity index (χ2v) is 7.06. The summed E-state index contributed by atoms with van der Waals surface area (Å²) < 4.78 is 0.773. The van der Waals surface area contributed by atoms with Gasteiger partial charge in [0.1, 0.15) is 0 Å². The number of halogens is 1. The first-order chi connectivity index (χ1) is 9.04. The molecule has 0 radical (unpaired) electrons. The maximum Gasteiger partial charge on any atom is 0.0931 e. The Hall–Kier alpha value is -0.830. The summed E-state index contributed by atoms with van der Waals surface area (Å²) in [6.45, 7) is 4.42. The largest absolute Gasteiger partial charge is 0.388 e. The zero-order valence-electron chi connectivity index (χ0n) is 11.3. The number of rotatable bonds is 5. The number of aliphatic hydroxyl groups excluding tert-OH is 1. The third kappa shape index (κ3) is 4.34. The zero-order valence-corrected chi connectivity index (χ0v) is 12.8. The first-order valence-electron chi connectivity index (χ1n) is 6.55. The summed E-state index contributed by atoms with van der Waals surface area (Å²) in [4.78, 5) is 1.11. The second kappa shape index (κ2) is 6.56. The molecular formula is C16H19ClOS. The number of thiophene rings is 1. The summed E-state index contributed by atoms with van der Waals surface area (Å²) in [5.41, 5.74) is 2.29. The van der Waals surface area contributed by atoms with E-state index in [1.807, 2.05) is 24.3 Å². The first-order valence-corrected chi connectivity index (χ1v) is 7.75. The molecule has 1 nitrogen and oxygen atoms in total. The third-order valence-electron chi connectivity index (χ3n) is 3.03. The molecule has 19 heavy (non-hydrogen) atoms. The minimum Gasteiger partial charge on any atom is -0.388 e. The zero-order chi connectivity index (χ0) is 13.8. The van der Waals surface area contributed by atoms with E-state index < -0.39 is 6.10 Å². The van der Waals surface area contributed by atoms with Crippen molar-refractivity contribution in [3.05, 3.63) is 56.7 Å². The highest BCUT2D eigenvalue weighted by molar-refractivity contribution is 7.16. The highest BCUT2D eigenvalue weighted by atomic mass is 35.5. The van der Waals surface area contributed by atoms with Gasteiger partial charge in [-0.1, -0.05) is 49.7 Å². The Kier molecular flexibility index (Phi) is 5.03. The van der Waals surface area contributed by atoms with Crippen LogP contribution in [0.4, 0.5) is 0 Å². The van der Waals surface area contributed by atoms with Gasteiger partial charge in [0, 0.05) is 11.3 Å². The molecule has 0 aliphatic carbocycles. The molecule has 0 saturated carbocycles. The molecule has 2 rings (SSSR count). The molecule has 0 bridgehead atoms. The van der Waals surface area contributed by atoms with Crippen LogP contribution in [0.25, 0.3) is 0 Å². The molecule has 1 N–H and O–H groups in total. The van der Waals surface area contributed by atoms with Gasteiger partial charge in [0.15, 0.2) is 0 Å². The molecule has 0 aliphatic rings. The summed E-state index contributed by atoms with van der Waals surface area (Å²) in [5, 5.41) is 10.2. The highest BCUT2D eigenvalue weighted by Crippen LogP contribution is 2.26. The lowest BCUT2D eigenvalue weighted by Gasteiger charge is -2.11. The molecule has 1 heterocycles. The van der Waals surface area contributed by atoms with Crippen LogP contribution < -0.4 is 0 Å². The van der Waals surface area contributed by atoms with Crippen LogP contribution in [0.2, 0.25) is 4.34 Å². The fourth-order valence-corrected chi connectivity index (χ4v) is 3.24. The normalized spacial score (nSPS) is 12.9. The molecule has 102 valence electrons. The van der Waals surface area contributed by atoms with E-state index in [2.05, 4.69) is 26.0 Å². The van der Waals surface area contributed by atoms with Crippen molar-refractivity contribution in [2.75, 3.05) is 0 Å². The Morgan fingerprint density at radius 2 is 1.74 bits per heavy atom. The highest BCUT2D eigenvalue weighted by Gasteiger charge is 2.10. The fraction of sp³-hybridized carbons (Fsp3) is 0.375. The van der Waals surface area contributed by atoms with E-state index in [1.54, 1.807) is 0 Å². The van der Waals surface area contributed by atoms with Crippen LogP contribution >= 0.6 is 22.9 Å². The van der Waals surface area contributed by atoms with Crippen molar-refractivity contribution in [2.24, 2.45) is 5.92 Å². The van der Waals surface area contributed by atoms with Crippen LogP contribution in [-0.4, -0.2) is 5.11 Å². The molecular weight excluding hydrogens is 276 g/mol. The molecule has 3 heteroatoms. The van der Waals surface area contributed by atoms with E-state index in [-0.39, 0.29) is 0 Å². The summed E-state index contributed by atoms with van der Waals surface area (Å²) in [6.07, 6.45) is 1.25.